The van der Waals surface area contributed by atoms with E-state index in [0.29, 0.717) is 113 Å². The summed E-state index contributed by atoms with van der Waals surface area (Å²) in [5.74, 6) is -0.213. The number of amides is 2. The highest BCUT2D eigenvalue weighted by molar-refractivity contribution is 7.78. The number of phosphoric ester groups is 1. The van der Waals surface area contributed by atoms with E-state index in [1.165, 1.54) is 12.4 Å². The van der Waals surface area contributed by atoms with Crippen LogP contribution < -0.4 is 10.6 Å². The van der Waals surface area contributed by atoms with Crippen LogP contribution in [0.4, 0.5) is 15.1 Å². The normalized spacial score (nSPS) is 18.1. The van der Waals surface area contributed by atoms with Crippen LogP contribution >= 0.6 is 35.2 Å². The predicted molar refractivity (Wildman–Crippen MR) is 353 cm³/mol. The summed E-state index contributed by atoms with van der Waals surface area (Å²) in [5.41, 5.74) is 0.361. The smallest absolute Gasteiger partial charge is 0.395 e. The molecule has 4 atom stereocenters. The third kappa shape index (κ3) is 28.5. The zero-order valence-electron chi connectivity index (χ0n) is 55.8. The number of aromatic nitrogens is 4. The maximum absolute atomic E-state index is 16.3. The Balaban J connectivity index is 0.000000327. The molecule has 0 bridgehead atoms. The molecule has 6 heterocycles. The molecule has 3 unspecified atom stereocenters. The summed E-state index contributed by atoms with van der Waals surface area (Å²) in [6.07, 6.45) is 4.57. The molecule has 0 saturated carbocycles. The lowest BCUT2D eigenvalue weighted by molar-refractivity contribution is 0.00966. The summed E-state index contributed by atoms with van der Waals surface area (Å²) in [5, 5.41) is 39.8. The van der Waals surface area contributed by atoms with Crippen LogP contribution in [0.1, 0.15) is 126 Å². The molecule has 27 nitrogen and oxygen atoms in total. The van der Waals surface area contributed by atoms with Crippen LogP contribution in [0.3, 0.4) is 0 Å². The van der Waals surface area contributed by atoms with Gasteiger partial charge in [0.2, 0.25) is 13.6 Å². The second kappa shape index (κ2) is 44.1. The van der Waals surface area contributed by atoms with Gasteiger partial charge in [0, 0.05) is 125 Å². The van der Waals surface area contributed by atoms with Crippen LogP contribution in [0.15, 0.2) is 18.5 Å². The fraction of sp³-hybridized carbons (Fsp3) is 0.750. The van der Waals surface area contributed by atoms with Gasteiger partial charge in [-0.05, 0) is 106 Å². The number of phosphoric acid groups is 1. The van der Waals surface area contributed by atoms with Crippen molar-refractivity contribution < 1.29 is 64.9 Å². The number of benzene rings is 1. The molecule has 4 fully saturated rings. The number of fused-ring (bicyclic) bond motifs is 1. The van der Waals surface area contributed by atoms with E-state index < -0.39 is 47.6 Å². The van der Waals surface area contributed by atoms with Crippen molar-refractivity contribution in [2.24, 2.45) is 0 Å². The summed E-state index contributed by atoms with van der Waals surface area (Å²) in [6, 6.07) is 8.64. The fourth-order valence-corrected chi connectivity index (χ4v) is 15.3. The molecule has 7 rings (SSSR count). The standard InChI is InChI=1S/C30H40FN8O7P.C15H30N3O3P.C9H18ClN2OP.C6H13NO2/c1-4-33-29(40)38-28-36-22-17-21(25(31)24(26(22)37-28)23-7-5-12-43-23)20-18-34-27(35-19-20)30(2,3)46-47(41,44-13-6-8-32)45-16-11-39-9-14-42-15-10-39;1-14(2)18(15(3)4)22(20-10-5-6-16)21-13-9-17-7-11-19-12-8-17;1-8(2)12(9(3)4)14(10)13-7-5-6-11;8-4-1-7-2-5-9-6-3-7/h17-19,23H,4-7,9-16H2,1-3H3,(H3,33,36,37,38,40);14-15H,5,7-13H2,1-4H3;8-9H,5,7H2,1-4H3;8H,1-6H2/t23-,47?;;;/m1.../s1. The largest absolute Gasteiger partial charge is 0.475 e. The Labute approximate surface area is 551 Å². The van der Waals surface area contributed by atoms with E-state index in [1.807, 2.05) is 12.1 Å². The minimum Gasteiger partial charge on any atom is -0.395 e. The van der Waals surface area contributed by atoms with Gasteiger partial charge in [0.1, 0.15) is 11.4 Å². The molecule has 1 aromatic carbocycles. The van der Waals surface area contributed by atoms with Crippen molar-refractivity contribution in [1.29, 1.82) is 15.8 Å². The lowest BCUT2D eigenvalue weighted by Gasteiger charge is -2.36. The van der Waals surface area contributed by atoms with E-state index in [-0.39, 0.29) is 49.1 Å². The number of ether oxygens (including phenoxy) is 4. The number of halogens is 2. The van der Waals surface area contributed by atoms with Crippen LogP contribution in [0.2, 0.25) is 0 Å². The van der Waals surface area contributed by atoms with Gasteiger partial charge in [-0.2, -0.15) is 15.8 Å². The van der Waals surface area contributed by atoms with Crippen LogP contribution in [-0.2, 0) is 56.3 Å². The molecule has 0 spiro atoms. The first kappa shape index (κ1) is 80.6. The summed E-state index contributed by atoms with van der Waals surface area (Å²) < 4.78 is 90.3. The van der Waals surface area contributed by atoms with Crippen molar-refractivity contribution >= 4 is 58.3 Å². The van der Waals surface area contributed by atoms with Gasteiger partial charge in [-0.25, -0.2) is 38.0 Å². The Kier molecular flexibility index (Phi) is 38.6. The van der Waals surface area contributed by atoms with Crippen molar-refractivity contribution in [2.45, 2.75) is 144 Å². The van der Waals surface area contributed by atoms with E-state index in [2.05, 4.69) is 116 Å². The number of aliphatic hydroxyl groups is 1. The summed E-state index contributed by atoms with van der Waals surface area (Å²) >= 11 is 6.13. The van der Waals surface area contributed by atoms with E-state index in [1.54, 1.807) is 26.8 Å². The molecular weight excluding hydrogens is 1270 g/mol. The average molecular weight is 1370 g/mol. The SMILES string of the molecule is CC(C)N(C(C)C)P(Cl)OCCC#N.CC(C)N(C(C)C)P(OCCC#N)OCCN1CCOCC1.CCNC(=O)Nc1nc2c([C@H]3CCCO3)c(F)c(-c3cnc(C(C)(C)OP(=O)(OCCC#N)OCCN4CCOCC4)nc3)cc2[nH]1.OCCN1CCOCC1. The van der Waals surface area contributed by atoms with Gasteiger partial charge in [-0.3, -0.25) is 33.6 Å². The fourth-order valence-electron chi connectivity index (χ4n) is 9.88. The van der Waals surface area contributed by atoms with E-state index in [4.69, 9.17) is 78.2 Å². The number of aromatic amines is 1. The minimum absolute atomic E-state index is 0.00455. The second-order valence-electron chi connectivity index (χ2n) is 23.0. The highest BCUT2D eigenvalue weighted by Gasteiger charge is 2.39. The number of imidazole rings is 1. The second-order valence-corrected chi connectivity index (χ2v) is 28.1. The molecule has 518 valence electrons. The minimum atomic E-state index is -4.15. The number of urea groups is 1. The lowest BCUT2D eigenvalue weighted by Crippen LogP contribution is -2.39. The third-order valence-corrected chi connectivity index (χ3v) is 20.5. The van der Waals surface area contributed by atoms with Crippen molar-refractivity contribution in [1.82, 2.24) is 49.3 Å². The molecule has 4 aliphatic heterocycles. The molecule has 0 radical (unpaired) electrons. The lowest BCUT2D eigenvalue weighted by atomic mass is 9.98. The van der Waals surface area contributed by atoms with E-state index >= 15 is 4.39 Å². The number of aliphatic hydroxyl groups excluding tert-OH is 1. The maximum Gasteiger partial charge on any atom is 0.475 e. The van der Waals surface area contributed by atoms with Gasteiger partial charge in [0.25, 0.3) is 8.53 Å². The summed E-state index contributed by atoms with van der Waals surface area (Å²) in [6.45, 7) is 36.6. The van der Waals surface area contributed by atoms with Gasteiger partial charge in [0.05, 0.1) is 134 Å². The topological polar surface area (TPSA) is 313 Å². The van der Waals surface area contributed by atoms with E-state index in [0.717, 1.165) is 85.2 Å². The number of nitrogens with one attached hydrogen (secondary N) is 3. The Bertz CT molecular complexity index is 2720. The van der Waals surface area contributed by atoms with Crippen molar-refractivity contribution in [3.05, 3.63) is 35.7 Å². The van der Waals surface area contributed by atoms with Gasteiger partial charge in [0.15, 0.2) is 5.82 Å². The Morgan fingerprint density at radius 3 is 1.78 bits per heavy atom. The Morgan fingerprint density at radius 2 is 1.28 bits per heavy atom. The first-order valence-electron chi connectivity index (χ1n) is 31.8. The molecule has 4 saturated heterocycles. The summed E-state index contributed by atoms with van der Waals surface area (Å²) in [4.78, 5) is 35.2. The number of carbonyl (C=O) groups excluding carboxylic acids is 1. The molecule has 2 aromatic heterocycles. The maximum atomic E-state index is 16.3. The van der Waals surface area contributed by atoms with Gasteiger partial charge >= 0.3 is 13.9 Å². The number of rotatable bonds is 32. The number of β-amino-alcohol motifs (C(OH)–C–C–N with tert-alkyl or cyclic N) is 1. The van der Waals surface area contributed by atoms with Gasteiger partial charge in [-0.1, -0.05) is 0 Å². The molecule has 0 aliphatic carbocycles. The number of hydrogen-bond donors (Lipinski definition) is 4. The molecule has 4 aliphatic rings. The zero-order valence-corrected chi connectivity index (χ0v) is 59.2. The first-order valence-corrected chi connectivity index (χ1v) is 36.5. The third-order valence-electron chi connectivity index (χ3n) is 14.2. The van der Waals surface area contributed by atoms with Crippen molar-refractivity contribution in [3.8, 4) is 29.3 Å². The van der Waals surface area contributed by atoms with Crippen LogP contribution in [-0.4, -0.2) is 231 Å². The van der Waals surface area contributed by atoms with Crippen molar-refractivity contribution in [3.63, 3.8) is 0 Å². The van der Waals surface area contributed by atoms with Crippen LogP contribution in [0, 0.1) is 39.8 Å². The van der Waals surface area contributed by atoms with E-state index in [9.17, 15) is 9.36 Å². The molecule has 92 heavy (non-hydrogen) atoms. The number of carbonyl (C=O) groups is 1. The highest BCUT2D eigenvalue weighted by Crippen LogP contribution is 2.55. The number of nitrogens with zero attached hydrogens (tertiary/aromatic N) is 11. The number of nitriles is 3. The molecular formula is C60H101ClFN14O13P3. The van der Waals surface area contributed by atoms with Crippen LogP contribution in [0.5, 0.6) is 0 Å². The Morgan fingerprint density at radius 1 is 0.783 bits per heavy atom. The quantitative estimate of drug-likeness (QED) is 0.0333. The monoisotopic (exact) mass is 1370 g/mol. The number of H-pyrrole nitrogens is 1. The number of anilines is 1. The molecule has 3 aromatic rings. The van der Waals surface area contributed by atoms with Gasteiger partial charge in [-0.15, -0.1) is 0 Å². The number of morpholine rings is 3. The Hall–Kier alpha value is -3.82. The average Bonchev–Trinajstić information content (AvgIpc) is 1.52. The van der Waals surface area contributed by atoms with Gasteiger partial charge < -0.3 is 47.9 Å². The van der Waals surface area contributed by atoms with Crippen LogP contribution in [0.25, 0.3) is 22.2 Å². The first-order chi connectivity index (χ1) is 44.1. The molecule has 4 N–H and O–H groups in total. The molecule has 32 heteroatoms. The highest BCUT2D eigenvalue weighted by atomic mass is 35.7. The summed E-state index contributed by atoms with van der Waals surface area (Å²) in [7, 11) is -6.35. The number of hydrogen-bond acceptors (Lipinski definition) is 24. The zero-order chi connectivity index (χ0) is 67.5. The van der Waals surface area contributed by atoms with Crippen molar-refractivity contribution in [2.75, 3.05) is 157 Å². The molecule has 2 amide bonds. The predicted octanol–water partition coefficient (Wildman–Crippen LogP) is 10.2.